The standard InChI is InChI=1S/C27H14Cl2N2O4S2/c28-19-12-10-16(14-20(19)29)31(27-30-21-6-2-3-7-22(21)36-27)26(33)15-9-11-18-24(13-15)37(34,35)23-8-4-1-5-17(23)25(18)32/h1-14H. The highest BCUT2D eigenvalue weighted by atomic mass is 35.5. The number of sulfone groups is 1. The lowest BCUT2D eigenvalue weighted by Crippen LogP contribution is -2.27. The summed E-state index contributed by atoms with van der Waals surface area (Å²) in [5.74, 6) is -0.950. The number of carbonyl (C=O) groups excluding carboxylic acids is 2. The number of nitrogens with zero attached hydrogens (tertiary/aromatic N) is 2. The minimum Gasteiger partial charge on any atom is -0.289 e. The smallest absolute Gasteiger partial charge is 0.264 e. The summed E-state index contributed by atoms with van der Waals surface area (Å²) in [4.78, 5) is 32.7. The maximum Gasteiger partial charge on any atom is 0.264 e. The van der Waals surface area contributed by atoms with Gasteiger partial charge in [0.2, 0.25) is 9.84 Å². The molecule has 2 heterocycles. The Hall–Kier alpha value is -3.56. The van der Waals surface area contributed by atoms with Crippen LogP contribution in [0.5, 0.6) is 0 Å². The Morgan fingerprint density at radius 1 is 0.811 bits per heavy atom. The van der Waals surface area contributed by atoms with Crippen LogP contribution in [0, 0.1) is 0 Å². The summed E-state index contributed by atoms with van der Waals surface area (Å²) < 4.78 is 27.7. The molecule has 0 saturated carbocycles. The van der Waals surface area contributed by atoms with Gasteiger partial charge in [0.1, 0.15) is 0 Å². The Morgan fingerprint density at radius 3 is 2.32 bits per heavy atom. The van der Waals surface area contributed by atoms with Crippen LogP contribution in [-0.4, -0.2) is 25.1 Å². The molecule has 10 heteroatoms. The van der Waals surface area contributed by atoms with E-state index < -0.39 is 21.5 Å². The monoisotopic (exact) mass is 564 g/mol. The van der Waals surface area contributed by atoms with E-state index in [1.165, 1.54) is 46.6 Å². The molecule has 0 unspecified atom stereocenters. The highest BCUT2D eigenvalue weighted by Crippen LogP contribution is 2.39. The molecule has 4 aromatic carbocycles. The van der Waals surface area contributed by atoms with E-state index in [9.17, 15) is 18.0 Å². The van der Waals surface area contributed by atoms with Gasteiger partial charge >= 0.3 is 0 Å². The van der Waals surface area contributed by atoms with Crippen LogP contribution in [0.15, 0.2) is 94.7 Å². The number of aromatic nitrogens is 1. The van der Waals surface area contributed by atoms with Crippen LogP contribution < -0.4 is 4.90 Å². The number of anilines is 2. The molecule has 37 heavy (non-hydrogen) atoms. The number of hydrogen-bond acceptors (Lipinski definition) is 6. The summed E-state index contributed by atoms with van der Waals surface area (Å²) in [6, 6.07) is 22.3. The van der Waals surface area contributed by atoms with Crippen molar-refractivity contribution >= 4 is 77.1 Å². The van der Waals surface area contributed by atoms with Gasteiger partial charge in [0, 0.05) is 16.7 Å². The van der Waals surface area contributed by atoms with Gasteiger partial charge in [0.15, 0.2) is 10.9 Å². The molecule has 6 nitrogen and oxygen atoms in total. The Balaban J connectivity index is 1.52. The van der Waals surface area contributed by atoms with Crippen molar-refractivity contribution in [1.82, 2.24) is 4.98 Å². The highest BCUT2D eigenvalue weighted by molar-refractivity contribution is 7.91. The number of para-hydroxylation sites is 1. The first-order valence-corrected chi connectivity index (χ1v) is 14.0. The van der Waals surface area contributed by atoms with Crippen molar-refractivity contribution in [3.8, 4) is 0 Å². The number of fused-ring (bicyclic) bond motifs is 3. The van der Waals surface area contributed by atoms with E-state index in [4.69, 9.17) is 23.2 Å². The molecule has 5 aromatic rings. The number of amides is 1. The van der Waals surface area contributed by atoms with Crippen LogP contribution in [0.4, 0.5) is 10.8 Å². The van der Waals surface area contributed by atoms with Crippen molar-refractivity contribution < 1.29 is 18.0 Å². The largest absolute Gasteiger partial charge is 0.289 e. The molecule has 0 saturated heterocycles. The van der Waals surface area contributed by atoms with Gasteiger partial charge in [-0.3, -0.25) is 14.5 Å². The van der Waals surface area contributed by atoms with E-state index in [2.05, 4.69) is 4.98 Å². The third-order valence-electron chi connectivity index (χ3n) is 6.02. The lowest BCUT2D eigenvalue weighted by molar-refractivity contribution is 0.0994. The first-order chi connectivity index (χ1) is 17.8. The van der Waals surface area contributed by atoms with Crippen molar-refractivity contribution in [2.24, 2.45) is 0 Å². The zero-order chi connectivity index (χ0) is 25.9. The van der Waals surface area contributed by atoms with Crippen molar-refractivity contribution in [2.75, 3.05) is 4.90 Å². The minimum atomic E-state index is -4.02. The van der Waals surface area contributed by atoms with Gasteiger partial charge < -0.3 is 0 Å². The zero-order valence-electron chi connectivity index (χ0n) is 18.7. The quantitative estimate of drug-likeness (QED) is 0.232. The van der Waals surface area contributed by atoms with E-state index >= 15 is 0 Å². The predicted molar refractivity (Wildman–Crippen MR) is 144 cm³/mol. The number of rotatable bonds is 3. The maximum atomic E-state index is 14.0. The third kappa shape index (κ3) is 3.84. The fourth-order valence-corrected chi connectivity index (χ4v) is 7.20. The van der Waals surface area contributed by atoms with Gasteiger partial charge in [0.05, 0.1) is 35.7 Å². The molecule has 0 N–H and O–H groups in total. The van der Waals surface area contributed by atoms with E-state index in [-0.39, 0.29) is 31.5 Å². The maximum absolute atomic E-state index is 14.0. The molecule has 0 spiro atoms. The van der Waals surface area contributed by atoms with Gasteiger partial charge in [-0.2, -0.15) is 0 Å². The molecule has 0 atom stereocenters. The summed E-state index contributed by atoms with van der Waals surface area (Å²) >= 11 is 13.7. The number of hydrogen-bond donors (Lipinski definition) is 0. The van der Waals surface area contributed by atoms with Gasteiger partial charge in [-0.05, 0) is 60.7 Å². The van der Waals surface area contributed by atoms with Crippen LogP contribution >= 0.6 is 34.5 Å². The minimum absolute atomic E-state index is 0.0244. The lowest BCUT2D eigenvalue weighted by atomic mass is 10.0. The number of carbonyl (C=O) groups is 2. The number of ketones is 1. The molecule has 6 rings (SSSR count). The topological polar surface area (TPSA) is 84.4 Å². The van der Waals surface area contributed by atoms with Crippen LogP contribution in [0.1, 0.15) is 26.3 Å². The molecule has 1 amide bonds. The predicted octanol–water partition coefficient (Wildman–Crippen LogP) is 6.96. The average Bonchev–Trinajstić information content (AvgIpc) is 3.33. The molecular formula is C27H14Cl2N2O4S2. The molecule has 1 aliphatic heterocycles. The summed E-state index contributed by atoms with van der Waals surface area (Å²) in [5.41, 5.74) is 1.31. The fraction of sp³-hybridized carbons (Fsp3) is 0. The number of benzene rings is 4. The van der Waals surface area contributed by atoms with Crippen LogP contribution in [-0.2, 0) is 9.84 Å². The Labute approximate surface area is 225 Å². The molecule has 1 aliphatic rings. The molecule has 0 bridgehead atoms. The lowest BCUT2D eigenvalue weighted by Gasteiger charge is -2.23. The molecule has 182 valence electrons. The van der Waals surface area contributed by atoms with E-state index in [0.29, 0.717) is 21.4 Å². The van der Waals surface area contributed by atoms with Crippen LogP contribution in [0.2, 0.25) is 10.0 Å². The summed E-state index contributed by atoms with van der Waals surface area (Å²) in [7, 11) is -4.02. The van der Waals surface area contributed by atoms with Gasteiger partial charge in [-0.25, -0.2) is 13.4 Å². The second-order valence-electron chi connectivity index (χ2n) is 8.24. The van der Waals surface area contributed by atoms with Crippen molar-refractivity contribution in [2.45, 2.75) is 9.79 Å². The Bertz CT molecular complexity index is 1850. The molecule has 0 fully saturated rings. The van der Waals surface area contributed by atoms with E-state index in [0.717, 1.165) is 4.70 Å². The summed E-state index contributed by atoms with van der Waals surface area (Å²) in [6.45, 7) is 0. The van der Waals surface area contributed by atoms with Crippen molar-refractivity contribution in [3.05, 3.63) is 112 Å². The van der Waals surface area contributed by atoms with Crippen LogP contribution in [0.3, 0.4) is 0 Å². The Kier molecular flexibility index (Phi) is 5.65. The van der Waals surface area contributed by atoms with Crippen molar-refractivity contribution in [3.63, 3.8) is 0 Å². The molecule has 0 aliphatic carbocycles. The third-order valence-corrected chi connectivity index (χ3v) is 9.63. The number of halogens is 2. The normalized spacial score (nSPS) is 13.7. The molecule has 0 radical (unpaired) electrons. The zero-order valence-corrected chi connectivity index (χ0v) is 21.8. The van der Waals surface area contributed by atoms with Gasteiger partial charge in [-0.1, -0.05) is 58.8 Å². The first-order valence-electron chi connectivity index (χ1n) is 10.9. The first kappa shape index (κ1) is 23.8. The molecule has 1 aromatic heterocycles. The van der Waals surface area contributed by atoms with Crippen molar-refractivity contribution in [1.29, 1.82) is 0 Å². The highest BCUT2D eigenvalue weighted by Gasteiger charge is 2.36. The van der Waals surface area contributed by atoms with E-state index in [1.54, 1.807) is 30.3 Å². The number of thiazole rings is 1. The summed E-state index contributed by atoms with van der Waals surface area (Å²) in [5, 5.41) is 0.930. The summed E-state index contributed by atoms with van der Waals surface area (Å²) in [6.07, 6.45) is 0. The Morgan fingerprint density at radius 2 is 1.54 bits per heavy atom. The molecular weight excluding hydrogens is 551 g/mol. The SMILES string of the molecule is O=C1c2ccccc2S(=O)(=O)c2cc(C(=O)N(c3ccc(Cl)c(Cl)c3)c3nc4ccccc4s3)ccc21. The van der Waals surface area contributed by atoms with Gasteiger partial charge in [-0.15, -0.1) is 0 Å². The van der Waals surface area contributed by atoms with E-state index in [1.807, 2.05) is 24.3 Å². The fourth-order valence-electron chi connectivity index (χ4n) is 4.24. The van der Waals surface area contributed by atoms with Crippen LogP contribution in [0.25, 0.3) is 10.2 Å². The second kappa shape index (κ2) is 8.78. The average molecular weight is 565 g/mol. The van der Waals surface area contributed by atoms with Gasteiger partial charge in [0.25, 0.3) is 5.91 Å². The second-order valence-corrected chi connectivity index (χ2v) is 12.0.